The van der Waals surface area contributed by atoms with Crippen LogP contribution in [0.15, 0.2) is 47.1 Å². The van der Waals surface area contributed by atoms with Gasteiger partial charge in [0.05, 0.1) is 12.2 Å². The van der Waals surface area contributed by atoms with Crippen molar-refractivity contribution in [1.29, 1.82) is 0 Å². The van der Waals surface area contributed by atoms with Crippen molar-refractivity contribution in [3.05, 3.63) is 70.6 Å². The average Bonchev–Trinajstić information content (AvgIpc) is 3.18. The van der Waals surface area contributed by atoms with Gasteiger partial charge in [0.25, 0.3) is 0 Å². The first-order valence-electron chi connectivity index (χ1n) is 10.2. The molecule has 1 aromatic heterocycles. The van der Waals surface area contributed by atoms with Crippen LogP contribution in [0, 0.1) is 27.7 Å². The number of carbonyl (C=O) groups excluding carboxylic acids is 2. The van der Waals surface area contributed by atoms with Crippen molar-refractivity contribution in [1.82, 2.24) is 15.6 Å². The number of rotatable bonds is 7. The van der Waals surface area contributed by atoms with Gasteiger partial charge in [-0.3, -0.25) is 4.79 Å². The van der Waals surface area contributed by atoms with Crippen LogP contribution < -0.4 is 16.0 Å². The molecule has 162 valence electrons. The molecule has 3 rings (SSSR count). The quantitative estimate of drug-likeness (QED) is 0.537. The summed E-state index contributed by atoms with van der Waals surface area (Å²) in [6.07, 6.45) is 2.12. The number of urea groups is 1. The van der Waals surface area contributed by atoms with Gasteiger partial charge in [0, 0.05) is 24.2 Å². The molecular weight excluding hydrogens is 392 g/mol. The summed E-state index contributed by atoms with van der Waals surface area (Å²) in [5.41, 5.74) is 6.74. The van der Waals surface area contributed by atoms with Gasteiger partial charge >= 0.3 is 6.03 Å². The maximum Gasteiger partial charge on any atom is 0.315 e. The Hall–Kier alpha value is -3.61. The first-order chi connectivity index (χ1) is 14.8. The minimum Gasteiger partial charge on any atom is -0.444 e. The molecule has 2 aromatic carbocycles. The summed E-state index contributed by atoms with van der Waals surface area (Å²) >= 11 is 0. The van der Waals surface area contributed by atoms with Gasteiger partial charge in [-0.1, -0.05) is 35.4 Å². The summed E-state index contributed by atoms with van der Waals surface area (Å²) in [5, 5.41) is 8.16. The van der Waals surface area contributed by atoms with Crippen LogP contribution >= 0.6 is 0 Å². The number of hydrogen-bond donors (Lipinski definition) is 3. The molecule has 0 aliphatic heterocycles. The SMILES string of the molecule is Cc1ccc(-c2nc(CCNC(=O)NCC(=O)Nc3c(C)cc(C)cc3C)co2)cc1. The Morgan fingerprint density at radius 3 is 2.29 bits per heavy atom. The minimum atomic E-state index is -0.408. The van der Waals surface area contributed by atoms with E-state index in [4.69, 9.17) is 4.42 Å². The third kappa shape index (κ3) is 6.18. The first-order valence-corrected chi connectivity index (χ1v) is 10.2. The number of oxazole rings is 1. The Morgan fingerprint density at radius 1 is 0.935 bits per heavy atom. The van der Waals surface area contributed by atoms with E-state index in [9.17, 15) is 9.59 Å². The molecule has 7 nitrogen and oxygen atoms in total. The number of nitrogens with zero attached hydrogens (tertiary/aromatic N) is 1. The smallest absolute Gasteiger partial charge is 0.315 e. The van der Waals surface area contributed by atoms with Gasteiger partial charge in [-0.05, 0) is 51.0 Å². The second kappa shape index (κ2) is 9.93. The van der Waals surface area contributed by atoms with Crippen LogP contribution in [-0.2, 0) is 11.2 Å². The van der Waals surface area contributed by atoms with Crippen LogP contribution in [0.1, 0.15) is 27.9 Å². The van der Waals surface area contributed by atoms with Crippen LogP contribution in [-0.4, -0.2) is 30.0 Å². The molecule has 3 aromatic rings. The van der Waals surface area contributed by atoms with E-state index < -0.39 is 6.03 Å². The molecule has 31 heavy (non-hydrogen) atoms. The summed E-state index contributed by atoms with van der Waals surface area (Å²) < 4.78 is 5.52. The summed E-state index contributed by atoms with van der Waals surface area (Å²) in [4.78, 5) is 28.6. The van der Waals surface area contributed by atoms with Gasteiger partial charge in [0.2, 0.25) is 11.8 Å². The number of aryl methyl sites for hydroxylation is 4. The van der Waals surface area contributed by atoms with Gasteiger partial charge in [-0.15, -0.1) is 0 Å². The first kappa shape index (κ1) is 22.1. The highest BCUT2D eigenvalue weighted by molar-refractivity contribution is 5.95. The molecule has 0 saturated heterocycles. The van der Waals surface area contributed by atoms with Gasteiger partial charge in [-0.2, -0.15) is 0 Å². The molecule has 1 heterocycles. The molecule has 3 amide bonds. The monoisotopic (exact) mass is 420 g/mol. The Morgan fingerprint density at radius 2 is 1.61 bits per heavy atom. The molecule has 0 spiro atoms. The highest BCUT2D eigenvalue weighted by Gasteiger charge is 2.10. The van der Waals surface area contributed by atoms with Crippen molar-refractivity contribution in [2.75, 3.05) is 18.4 Å². The molecule has 0 atom stereocenters. The van der Waals surface area contributed by atoms with Crippen molar-refractivity contribution in [2.24, 2.45) is 0 Å². The van der Waals surface area contributed by atoms with E-state index in [1.54, 1.807) is 6.26 Å². The minimum absolute atomic E-state index is 0.111. The number of amides is 3. The van der Waals surface area contributed by atoms with E-state index in [0.717, 1.165) is 33.6 Å². The second-order valence-electron chi connectivity index (χ2n) is 7.69. The lowest BCUT2D eigenvalue weighted by molar-refractivity contribution is -0.115. The van der Waals surface area contributed by atoms with E-state index in [0.29, 0.717) is 18.9 Å². The van der Waals surface area contributed by atoms with Crippen molar-refractivity contribution < 1.29 is 14.0 Å². The molecule has 0 radical (unpaired) electrons. The number of aromatic nitrogens is 1. The molecule has 0 aliphatic rings. The van der Waals surface area contributed by atoms with Gasteiger partial charge in [0.15, 0.2) is 0 Å². The van der Waals surface area contributed by atoms with Crippen molar-refractivity contribution in [3.63, 3.8) is 0 Å². The van der Waals surface area contributed by atoms with Crippen LogP contribution in [0.2, 0.25) is 0 Å². The zero-order valence-corrected chi connectivity index (χ0v) is 18.3. The van der Waals surface area contributed by atoms with Crippen LogP contribution in [0.3, 0.4) is 0 Å². The van der Waals surface area contributed by atoms with Gasteiger partial charge in [-0.25, -0.2) is 9.78 Å². The van der Waals surface area contributed by atoms with E-state index in [-0.39, 0.29) is 12.5 Å². The molecular formula is C24H28N4O3. The van der Waals surface area contributed by atoms with E-state index in [1.165, 1.54) is 5.56 Å². The van der Waals surface area contributed by atoms with E-state index in [2.05, 4.69) is 20.9 Å². The molecule has 7 heteroatoms. The normalized spacial score (nSPS) is 10.6. The number of carbonyl (C=O) groups is 2. The maximum absolute atomic E-state index is 12.2. The van der Waals surface area contributed by atoms with Crippen molar-refractivity contribution in [2.45, 2.75) is 34.1 Å². The lowest BCUT2D eigenvalue weighted by Crippen LogP contribution is -2.40. The Bertz CT molecular complexity index is 1050. The van der Waals surface area contributed by atoms with Gasteiger partial charge < -0.3 is 20.4 Å². The Labute approximate surface area is 182 Å². The summed E-state index contributed by atoms with van der Waals surface area (Å²) in [6, 6.07) is 11.5. The van der Waals surface area contributed by atoms with Crippen molar-refractivity contribution >= 4 is 17.6 Å². The largest absolute Gasteiger partial charge is 0.444 e. The molecule has 3 N–H and O–H groups in total. The Kier molecular flexibility index (Phi) is 7.07. The molecule has 0 saturated carbocycles. The zero-order valence-electron chi connectivity index (χ0n) is 18.3. The summed E-state index contributed by atoms with van der Waals surface area (Å²) in [7, 11) is 0. The fraction of sp³-hybridized carbons (Fsp3) is 0.292. The third-order valence-electron chi connectivity index (χ3n) is 4.87. The molecule has 0 fully saturated rings. The highest BCUT2D eigenvalue weighted by atomic mass is 16.3. The summed E-state index contributed by atoms with van der Waals surface area (Å²) in [6.45, 7) is 8.20. The lowest BCUT2D eigenvalue weighted by Gasteiger charge is -2.13. The number of anilines is 1. The Balaban J connectivity index is 1.41. The van der Waals surface area contributed by atoms with Crippen molar-refractivity contribution in [3.8, 4) is 11.5 Å². The number of nitrogens with one attached hydrogen (secondary N) is 3. The number of benzene rings is 2. The molecule has 0 bridgehead atoms. The van der Waals surface area contributed by atoms with Gasteiger partial charge in [0.1, 0.15) is 6.26 Å². The zero-order chi connectivity index (χ0) is 22.4. The lowest BCUT2D eigenvalue weighted by atomic mass is 10.1. The predicted molar refractivity (Wildman–Crippen MR) is 121 cm³/mol. The van der Waals surface area contributed by atoms with Crippen LogP contribution in [0.5, 0.6) is 0 Å². The maximum atomic E-state index is 12.2. The topological polar surface area (TPSA) is 96.3 Å². The fourth-order valence-electron chi connectivity index (χ4n) is 3.34. The second-order valence-corrected chi connectivity index (χ2v) is 7.69. The van der Waals surface area contributed by atoms with Crippen LogP contribution in [0.4, 0.5) is 10.5 Å². The fourth-order valence-corrected chi connectivity index (χ4v) is 3.34. The standard InChI is InChI=1S/C24H28N4O3/c1-15-5-7-19(8-6-15)23-27-20(14-31-23)9-10-25-24(30)26-13-21(29)28-22-17(3)11-16(2)12-18(22)4/h5-8,11-12,14H,9-10,13H2,1-4H3,(H,28,29)(H2,25,26,30). The average molecular weight is 421 g/mol. The summed E-state index contributed by atoms with van der Waals surface area (Å²) in [5.74, 6) is 0.280. The third-order valence-corrected chi connectivity index (χ3v) is 4.87. The number of hydrogen-bond acceptors (Lipinski definition) is 4. The van der Waals surface area contributed by atoms with Crippen LogP contribution in [0.25, 0.3) is 11.5 Å². The highest BCUT2D eigenvalue weighted by Crippen LogP contribution is 2.21. The molecule has 0 unspecified atom stereocenters. The van der Waals surface area contributed by atoms with E-state index in [1.807, 2.05) is 64.1 Å². The predicted octanol–water partition coefficient (Wildman–Crippen LogP) is 4.06. The van der Waals surface area contributed by atoms with E-state index >= 15 is 0 Å². The molecule has 0 aliphatic carbocycles.